The highest BCUT2D eigenvalue weighted by Gasteiger charge is 2.09. The summed E-state index contributed by atoms with van der Waals surface area (Å²) in [7, 11) is 0. The van der Waals surface area contributed by atoms with Gasteiger partial charge in [0.05, 0.1) is 6.54 Å². The standard InChI is InChI=1S/C18H23N3O3/c1-3-4-11-21-17(22)9-8-16(20-21)18(23)19-10-12-24-15-7-5-6-14(2)13-15/h5-9,13H,3-4,10-12H2,1-2H3,(H,19,23). The molecule has 0 fully saturated rings. The molecule has 0 aliphatic heterocycles. The second-order valence-corrected chi connectivity index (χ2v) is 5.55. The van der Waals surface area contributed by atoms with Crippen LogP contribution in [-0.2, 0) is 6.54 Å². The maximum atomic E-state index is 12.1. The van der Waals surface area contributed by atoms with E-state index in [0.717, 1.165) is 24.2 Å². The van der Waals surface area contributed by atoms with Gasteiger partial charge in [-0.15, -0.1) is 0 Å². The molecule has 0 radical (unpaired) electrons. The van der Waals surface area contributed by atoms with Crippen LogP contribution in [0.3, 0.4) is 0 Å². The SMILES string of the molecule is CCCCn1nc(C(=O)NCCOc2cccc(C)c2)ccc1=O. The van der Waals surface area contributed by atoms with Crippen molar-refractivity contribution in [2.24, 2.45) is 0 Å². The molecule has 0 atom stereocenters. The number of carbonyl (C=O) groups is 1. The predicted molar refractivity (Wildman–Crippen MR) is 92.4 cm³/mol. The lowest BCUT2D eigenvalue weighted by Gasteiger charge is -2.09. The number of amides is 1. The fourth-order valence-corrected chi connectivity index (χ4v) is 2.17. The lowest BCUT2D eigenvalue weighted by Crippen LogP contribution is -2.32. The number of aromatic nitrogens is 2. The molecule has 1 aromatic heterocycles. The second-order valence-electron chi connectivity index (χ2n) is 5.55. The van der Waals surface area contributed by atoms with Gasteiger partial charge in [-0.1, -0.05) is 25.5 Å². The molecule has 128 valence electrons. The third kappa shape index (κ3) is 5.22. The number of nitrogens with one attached hydrogen (secondary N) is 1. The number of hydrogen-bond acceptors (Lipinski definition) is 4. The van der Waals surface area contributed by atoms with Crippen LogP contribution in [0.5, 0.6) is 5.75 Å². The zero-order valence-corrected chi connectivity index (χ0v) is 14.1. The molecular weight excluding hydrogens is 306 g/mol. The van der Waals surface area contributed by atoms with Crippen molar-refractivity contribution < 1.29 is 9.53 Å². The maximum Gasteiger partial charge on any atom is 0.271 e. The first-order valence-corrected chi connectivity index (χ1v) is 8.16. The molecule has 1 aromatic carbocycles. The Kier molecular flexibility index (Phi) is 6.54. The Bertz CT molecular complexity index is 740. The van der Waals surface area contributed by atoms with E-state index in [1.54, 1.807) is 0 Å². The molecule has 1 N–H and O–H groups in total. The minimum Gasteiger partial charge on any atom is -0.492 e. The van der Waals surface area contributed by atoms with Crippen molar-refractivity contribution in [2.75, 3.05) is 13.2 Å². The average molecular weight is 329 g/mol. The van der Waals surface area contributed by atoms with E-state index in [1.165, 1.54) is 16.8 Å². The summed E-state index contributed by atoms with van der Waals surface area (Å²) in [6.07, 6.45) is 1.81. The Morgan fingerprint density at radius 1 is 1.29 bits per heavy atom. The Labute approximate surface area is 141 Å². The van der Waals surface area contributed by atoms with E-state index in [9.17, 15) is 9.59 Å². The van der Waals surface area contributed by atoms with Gasteiger partial charge in [-0.25, -0.2) is 4.68 Å². The van der Waals surface area contributed by atoms with E-state index in [2.05, 4.69) is 10.4 Å². The number of nitrogens with zero attached hydrogens (tertiary/aromatic N) is 2. The first-order valence-electron chi connectivity index (χ1n) is 8.16. The molecular formula is C18H23N3O3. The van der Waals surface area contributed by atoms with E-state index < -0.39 is 0 Å². The van der Waals surface area contributed by atoms with Gasteiger partial charge >= 0.3 is 0 Å². The molecule has 0 aliphatic rings. The Morgan fingerprint density at radius 2 is 2.12 bits per heavy atom. The van der Waals surface area contributed by atoms with Crippen LogP contribution in [0.2, 0.25) is 0 Å². The number of benzene rings is 1. The highest BCUT2D eigenvalue weighted by atomic mass is 16.5. The van der Waals surface area contributed by atoms with Gasteiger partial charge in [0.1, 0.15) is 18.1 Å². The molecule has 1 heterocycles. The Balaban J connectivity index is 1.85. The van der Waals surface area contributed by atoms with Gasteiger partial charge in [0.25, 0.3) is 11.5 Å². The van der Waals surface area contributed by atoms with E-state index >= 15 is 0 Å². The lowest BCUT2D eigenvalue weighted by atomic mass is 10.2. The van der Waals surface area contributed by atoms with Crippen molar-refractivity contribution in [3.05, 3.63) is 58.0 Å². The number of ether oxygens (including phenoxy) is 1. The molecule has 6 nitrogen and oxygen atoms in total. The van der Waals surface area contributed by atoms with Crippen molar-refractivity contribution in [1.82, 2.24) is 15.1 Å². The summed E-state index contributed by atoms with van der Waals surface area (Å²) < 4.78 is 6.91. The summed E-state index contributed by atoms with van der Waals surface area (Å²) in [5, 5.41) is 6.85. The molecule has 0 bridgehead atoms. The number of hydrogen-bond donors (Lipinski definition) is 1. The number of carbonyl (C=O) groups excluding carboxylic acids is 1. The molecule has 0 saturated carbocycles. The van der Waals surface area contributed by atoms with E-state index in [4.69, 9.17) is 4.74 Å². The van der Waals surface area contributed by atoms with Crippen molar-refractivity contribution in [3.8, 4) is 5.75 Å². The Hall–Kier alpha value is -2.63. The monoisotopic (exact) mass is 329 g/mol. The first kappa shape index (κ1) is 17.7. The fraction of sp³-hybridized carbons (Fsp3) is 0.389. The topological polar surface area (TPSA) is 73.2 Å². The van der Waals surface area contributed by atoms with Gasteiger partial charge in [-0.05, 0) is 37.1 Å². The summed E-state index contributed by atoms with van der Waals surface area (Å²) >= 11 is 0. The van der Waals surface area contributed by atoms with E-state index in [1.807, 2.05) is 38.1 Å². The summed E-state index contributed by atoms with van der Waals surface area (Å²) in [6.45, 7) is 5.28. The zero-order valence-electron chi connectivity index (χ0n) is 14.1. The van der Waals surface area contributed by atoms with Gasteiger partial charge in [0, 0.05) is 12.6 Å². The van der Waals surface area contributed by atoms with Crippen molar-refractivity contribution in [2.45, 2.75) is 33.2 Å². The predicted octanol–water partition coefficient (Wildman–Crippen LogP) is 2.16. The van der Waals surface area contributed by atoms with Gasteiger partial charge in [0.2, 0.25) is 0 Å². The van der Waals surface area contributed by atoms with Crippen molar-refractivity contribution >= 4 is 5.91 Å². The third-order valence-electron chi connectivity index (χ3n) is 3.47. The maximum absolute atomic E-state index is 12.1. The molecule has 0 aliphatic carbocycles. The van der Waals surface area contributed by atoms with E-state index in [-0.39, 0.29) is 17.2 Å². The normalized spacial score (nSPS) is 10.4. The lowest BCUT2D eigenvalue weighted by molar-refractivity contribution is 0.0939. The molecule has 2 aromatic rings. The van der Waals surface area contributed by atoms with Crippen LogP contribution in [0, 0.1) is 6.92 Å². The summed E-state index contributed by atoms with van der Waals surface area (Å²) in [6, 6.07) is 10.6. The molecule has 6 heteroatoms. The van der Waals surface area contributed by atoms with Crippen LogP contribution in [0.4, 0.5) is 0 Å². The summed E-state index contributed by atoms with van der Waals surface area (Å²) in [5.41, 5.74) is 1.17. The molecule has 1 amide bonds. The third-order valence-corrected chi connectivity index (χ3v) is 3.47. The van der Waals surface area contributed by atoms with Crippen LogP contribution >= 0.6 is 0 Å². The largest absolute Gasteiger partial charge is 0.492 e. The van der Waals surface area contributed by atoms with Crippen molar-refractivity contribution in [3.63, 3.8) is 0 Å². The average Bonchev–Trinajstić information content (AvgIpc) is 2.58. The van der Waals surface area contributed by atoms with Crippen LogP contribution in [-0.4, -0.2) is 28.8 Å². The molecule has 0 unspecified atom stereocenters. The van der Waals surface area contributed by atoms with Crippen LogP contribution in [0.1, 0.15) is 35.8 Å². The van der Waals surface area contributed by atoms with Gasteiger partial charge in [-0.2, -0.15) is 5.10 Å². The molecule has 2 rings (SSSR count). The Morgan fingerprint density at radius 3 is 2.88 bits per heavy atom. The van der Waals surface area contributed by atoms with E-state index in [0.29, 0.717) is 19.7 Å². The fourth-order valence-electron chi connectivity index (χ4n) is 2.17. The highest BCUT2D eigenvalue weighted by molar-refractivity contribution is 5.91. The van der Waals surface area contributed by atoms with Gasteiger partial charge in [-0.3, -0.25) is 9.59 Å². The molecule has 0 saturated heterocycles. The van der Waals surface area contributed by atoms with Crippen LogP contribution in [0.15, 0.2) is 41.2 Å². The second kappa shape index (κ2) is 8.86. The number of unbranched alkanes of at least 4 members (excludes halogenated alkanes) is 1. The van der Waals surface area contributed by atoms with Gasteiger partial charge < -0.3 is 10.1 Å². The summed E-state index contributed by atoms with van der Waals surface area (Å²) in [4.78, 5) is 23.8. The summed E-state index contributed by atoms with van der Waals surface area (Å²) in [5.74, 6) is 0.462. The smallest absolute Gasteiger partial charge is 0.271 e. The minimum atomic E-state index is -0.312. The quantitative estimate of drug-likeness (QED) is 0.753. The molecule has 0 spiro atoms. The first-order chi connectivity index (χ1) is 11.6. The number of aryl methyl sites for hydroxylation is 2. The number of rotatable bonds is 8. The zero-order chi connectivity index (χ0) is 17.4. The van der Waals surface area contributed by atoms with Crippen LogP contribution in [0.25, 0.3) is 0 Å². The van der Waals surface area contributed by atoms with Crippen molar-refractivity contribution in [1.29, 1.82) is 0 Å². The van der Waals surface area contributed by atoms with Gasteiger partial charge in [0.15, 0.2) is 0 Å². The van der Waals surface area contributed by atoms with Crippen LogP contribution < -0.4 is 15.6 Å². The highest BCUT2D eigenvalue weighted by Crippen LogP contribution is 2.11. The minimum absolute atomic E-state index is 0.192. The molecule has 24 heavy (non-hydrogen) atoms.